The maximum atomic E-state index is 11.7. The zero-order valence-electron chi connectivity index (χ0n) is 9.01. The summed E-state index contributed by atoms with van der Waals surface area (Å²) in [5, 5.41) is 0. The van der Waals surface area contributed by atoms with Gasteiger partial charge in [-0.1, -0.05) is 36.4 Å². The molecule has 0 saturated carbocycles. The maximum Gasteiger partial charge on any atom is 0.312 e. The first-order valence-electron chi connectivity index (χ1n) is 5.45. The largest absolute Gasteiger partial charge is 0.462 e. The van der Waals surface area contributed by atoms with E-state index in [1.807, 2.05) is 0 Å². The number of rotatable bonds is 5. The highest BCUT2D eigenvalue weighted by atomic mass is 127. The normalized spacial score (nSPS) is 25.1. The summed E-state index contributed by atoms with van der Waals surface area (Å²) in [4.78, 5) is 11.7. The van der Waals surface area contributed by atoms with Crippen LogP contribution >= 0.6 is 22.6 Å². The van der Waals surface area contributed by atoms with E-state index in [4.69, 9.17) is 4.74 Å². The first-order chi connectivity index (χ1) is 6.68. The first-order valence-corrected chi connectivity index (χ1v) is 6.98. The van der Waals surface area contributed by atoms with Crippen LogP contribution in [0.3, 0.4) is 0 Å². The van der Waals surface area contributed by atoms with Crippen molar-refractivity contribution in [1.82, 2.24) is 0 Å². The summed E-state index contributed by atoms with van der Waals surface area (Å²) >= 11 is 2.37. The molecule has 1 heterocycles. The molecular weight excluding hydrogens is 291 g/mol. The Morgan fingerprint density at radius 3 is 2.57 bits per heavy atom. The van der Waals surface area contributed by atoms with E-state index in [1.54, 1.807) is 0 Å². The second kappa shape index (κ2) is 5.33. The Balaban J connectivity index is 2.54. The van der Waals surface area contributed by atoms with Crippen LogP contribution in [0.5, 0.6) is 0 Å². The van der Waals surface area contributed by atoms with Crippen LogP contribution in [0.2, 0.25) is 0 Å². The van der Waals surface area contributed by atoms with E-state index < -0.39 is 0 Å². The molecule has 0 aromatic carbocycles. The van der Waals surface area contributed by atoms with Crippen LogP contribution in [0.15, 0.2) is 0 Å². The minimum Gasteiger partial charge on any atom is -0.462 e. The number of carbonyl (C=O) groups is 1. The third kappa shape index (κ3) is 2.41. The fourth-order valence-corrected chi connectivity index (χ4v) is 2.57. The predicted octanol–water partition coefficient (Wildman–Crippen LogP) is 3.32. The van der Waals surface area contributed by atoms with Crippen molar-refractivity contribution in [3.05, 3.63) is 0 Å². The molecule has 0 aromatic rings. The highest BCUT2D eigenvalue weighted by Crippen LogP contribution is 2.41. The minimum atomic E-state index is -0.157. The molecule has 2 nitrogen and oxygen atoms in total. The third-order valence-corrected chi connectivity index (χ3v) is 4.10. The van der Waals surface area contributed by atoms with E-state index in [0.717, 1.165) is 36.5 Å². The van der Waals surface area contributed by atoms with Gasteiger partial charge in [-0.05, 0) is 30.1 Å². The Kier molecular flexibility index (Phi) is 4.67. The molecule has 0 spiro atoms. The van der Waals surface area contributed by atoms with Gasteiger partial charge in [0.2, 0.25) is 0 Å². The Morgan fingerprint density at radius 1 is 1.50 bits per heavy atom. The summed E-state index contributed by atoms with van der Waals surface area (Å²) in [6, 6.07) is 0. The molecule has 1 unspecified atom stereocenters. The van der Waals surface area contributed by atoms with Gasteiger partial charge in [-0.3, -0.25) is 4.79 Å². The number of hydrogen-bond acceptors (Lipinski definition) is 2. The molecule has 0 aromatic heterocycles. The lowest BCUT2D eigenvalue weighted by Gasteiger charge is -2.19. The van der Waals surface area contributed by atoms with Crippen LogP contribution in [-0.2, 0) is 9.53 Å². The number of esters is 1. The number of cyclic esters (lactones) is 1. The Bertz CT molecular complexity index is 199. The van der Waals surface area contributed by atoms with E-state index in [1.165, 1.54) is 0 Å². The smallest absolute Gasteiger partial charge is 0.312 e. The van der Waals surface area contributed by atoms with E-state index in [2.05, 4.69) is 36.4 Å². The van der Waals surface area contributed by atoms with E-state index in [0.29, 0.717) is 0 Å². The molecule has 14 heavy (non-hydrogen) atoms. The molecule has 3 heteroatoms. The van der Waals surface area contributed by atoms with Crippen LogP contribution in [0.4, 0.5) is 0 Å². The lowest BCUT2D eigenvalue weighted by Crippen LogP contribution is -2.24. The van der Waals surface area contributed by atoms with Crippen molar-refractivity contribution in [3.8, 4) is 0 Å². The lowest BCUT2D eigenvalue weighted by molar-refractivity contribution is -0.149. The summed E-state index contributed by atoms with van der Waals surface area (Å²) in [7, 11) is 0. The predicted molar refractivity (Wildman–Crippen MR) is 65.6 cm³/mol. The van der Waals surface area contributed by atoms with Gasteiger partial charge in [0.25, 0.3) is 0 Å². The SMILES string of the molecule is CCC1(CC)CC(CCCI)OC1=O. The number of alkyl halides is 1. The summed E-state index contributed by atoms with van der Waals surface area (Å²) in [5.74, 6) is 0.0426. The van der Waals surface area contributed by atoms with Gasteiger partial charge >= 0.3 is 5.97 Å². The Morgan fingerprint density at radius 2 is 2.14 bits per heavy atom. The van der Waals surface area contributed by atoms with Crippen LogP contribution in [0, 0.1) is 5.41 Å². The standard InChI is InChI=1S/C11H19IO2/c1-3-11(4-2)8-9(6-5-7-12)14-10(11)13/h9H,3-8H2,1-2H3. The van der Waals surface area contributed by atoms with Gasteiger partial charge in [0.1, 0.15) is 6.10 Å². The third-order valence-electron chi connectivity index (χ3n) is 3.34. The second-order valence-corrected chi connectivity index (χ2v) is 5.13. The van der Waals surface area contributed by atoms with Gasteiger partial charge < -0.3 is 4.74 Å². The monoisotopic (exact) mass is 310 g/mol. The number of halogens is 1. The summed E-state index contributed by atoms with van der Waals surface area (Å²) in [6.07, 6.45) is 5.16. The lowest BCUT2D eigenvalue weighted by atomic mass is 9.79. The molecule has 1 aliphatic rings. The molecule has 0 aliphatic carbocycles. The molecule has 0 N–H and O–H groups in total. The van der Waals surface area contributed by atoms with Crippen molar-refractivity contribution < 1.29 is 9.53 Å². The number of ether oxygens (including phenoxy) is 1. The van der Waals surface area contributed by atoms with Crippen molar-refractivity contribution in [2.45, 2.75) is 52.1 Å². The Hall–Kier alpha value is 0.200. The molecule has 1 fully saturated rings. The van der Waals surface area contributed by atoms with Gasteiger partial charge in [0.05, 0.1) is 5.41 Å². The number of carbonyl (C=O) groups excluding carboxylic acids is 1. The zero-order valence-corrected chi connectivity index (χ0v) is 11.2. The fourth-order valence-electron chi connectivity index (χ4n) is 2.13. The van der Waals surface area contributed by atoms with Crippen molar-refractivity contribution in [1.29, 1.82) is 0 Å². The van der Waals surface area contributed by atoms with Crippen LogP contribution in [0.1, 0.15) is 46.0 Å². The van der Waals surface area contributed by atoms with E-state index >= 15 is 0 Å². The highest BCUT2D eigenvalue weighted by molar-refractivity contribution is 14.1. The molecule has 1 atom stereocenters. The van der Waals surface area contributed by atoms with Gasteiger partial charge in [0.15, 0.2) is 0 Å². The average Bonchev–Trinajstić information content (AvgIpc) is 2.53. The van der Waals surface area contributed by atoms with Crippen LogP contribution < -0.4 is 0 Å². The average molecular weight is 310 g/mol. The Labute approximate surface area is 99.9 Å². The quantitative estimate of drug-likeness (QED) is 0.442. The fraction of sp³-hybridized carbons (Fsp3) is 0.909. The molecule has 82 valence electrons. The second-order valence-electron chi connectivity index (χ2n) is 4.05. The van der Waals surface area contributed by atoms with Crippen molar-refractivity contribution >= 4 is 28.6 Å². The molecule has 1 rings (SSSR count). The van der Waals surface area contributed by atoms with Gasteiger partial charge in [0, 0.05) is 6.42 Å². The molecule has 0 amide bonds. The number of hydrogen-bond donors (Lipinski definition) is 0. The van der Waals surface area contributed by atoms with Crippen molar-refractivity contribution in [2.75, 3.05) is 4.43 Å². The van der Waals surface area contributed by atoms with Crippen LogP contribution in [-0.4, -0.2) is 16.5 Å². The highest BCUT2D eigenvalue weighted by Gasteiger charge is 2.45. The van der Waals surface area contributed by atoms with Crippen LogP contribution in [0.25, 0.3) is 0 Å². The molecule has 0 bridgehead atoms. The minimum absolute atomic E-state index is 0.0426. The molecule has 1 saturated heterocycles. The van der Waals surface area contributed by atoms with Gasteiger partial charge in [-0.2, -0.15) is 0 Å². The zero-order chi connectivity index (χ0) is 10.6. The summed E-state index contributed by atoms with van der Waals surface area (Å²) in [6.45, 7) is 4.18. The van der Waals surface area contributed by atoms with E-state index in [9.17, 15) is 4.79 Å². The topological polar surface area (TPSA) is 26.3 Å². The van der Waals surface area contributed by atoms with E-state index in [-0.39, 0.29) is 17.5 Å². The molecular formula is C11H19IO2. The first kappa shape index (κ1) is 12.3. The van der Waals surface area contributed by atoms with Gasteiger partial charge in [-0.15, -0.1) is 0 Å². The molecule has 1 aliphatic heterocycles. The van der Waals surface area contributed by atoms with Crippen molar-refractivity contribution in [3.63, 3.8) is 0 Å². The maximum absolute atomic E-state index is 11.7. The summed E-state index contributed by atoms with van der Waals surface area (Å²) < 4.78 is 6.57. The van der Waals surface area contributed by atoms with Gasteiger partial charge in [-0.25, -0.2) is 0 Å². The molecule has 0 radical (unpaired) electrons. The van der Waals surface area contributed by atoms with Crippen molar-refractivity contribution in [2.24, 2.45) is 5.41 Å². The summed E-state index contributed by atoms with van der Waals surface area (Å²) in [5.41, 5.74) is -0.157.